The van der Waals surface area contributed by atoms with Crippen LogP contribution in [0.1, 0.15) is 45.7 Å². The number of amides is 1. The minimum atomic E-state index is -0.472. The van der Waals surface area contributed by atoms with Gasteiger partial charge in [-0.05, 0) is 64.4 Å². The summed E-state index contributed by atoms with van der Waals surface area (Å²) in [6.45, 7) is 8.84. The maximum atomic E-state index is 11.5. The molecule has 0 heterocycles. The lowest BCUT2D eigenvalue weighted by Crippen LogP contribution is -2.34. The first kappa shape index (κ1) is 19.1. The number of ether oxygens (including phenoxy) is 1. The van der Waals surface area contributed by atoms with Crippen LogP contribution in [0.3, 0.4) is 0 Å². The van der Waals surface area contributed by atoms with Crippen LogP contribution in [0.5, 0.6) is 0 Å². The summed E-state index contributed by atoms with van der Waals surface area (Å²) in [7, 11) is 0. The normalized spacial score (nSPS) is 12.8. The predicted octanol–water partition coefficient (Wildman–Crippen LogP) is 4.56. The molecule has 1 atom stereocenters. The maximum absolute atomic E-state index is 11.5. The largest absolute Gasteiger partial charge is 0.444 e. The number of nitrogens with one attached hydrogen (secondary N) is 2. The summed E-state index contributed by atoms with van der Waals surface area (Å²) in [6.07, 6.45) is 0.403. The van der Waals surface area contributed by atoms with Gasteiger partial charge in [0.05, 0.1) is 0 Å². The molecule has 1 amide bonds. The molecule has 6 heteroatoms. The lowest BCUT2D eigenvalue weighted by atomic mass is 10.1. The fraction of sp³-hybridized carbons (Fsp3) is 0.562. The molecule has 4 nitrogen and oxygen atoms in total. The second-order valence-electron chi connectivity index (χ2n) is 6.12. The van der Waals surface area contributed by atoms with E-state index in [0.717, 1.165) is 18.5 Å². The van der Waals surface area contributed by atoms with Gasteiger partial charge in [-0.15, -0.1) is 0 Å². The fourth-order valence-corrected chi connectivity index (χ4v) is 2.33. The molecule has 1 rings (SSSR count). The first-order valence-electron chi connectivity index (χ1n) is 7.34. The average Bonchev–Trinajstić information content (AvgIpc) is 2.38. The van der Waals surface area contributed by atoms with Crippen LogP contribution in [0.15, 0.2) is 18.2 Å². The Kier molecular flexibility index (Phi) is 7.46. The summed E-state index contributed by atoms with van der Waals surface area (Å²) in [5, 5.41) is 7.44. The highest BCUT2D eigenvalue weighted by Crippen LogP contribution is 2.25. The molecule has 0 fully saturated rings. The van der Waals surface area contributed by atoms with Gasteiger partial charge < -0.3 is 15.4 Å². The van der Waals surface area contributed by atoms with Gasteiger partial charge in [0.25, 0.3) is 0 Å². The van der Waals surface area contributed by atoms with Gasteiger partial charge in [0.2, 0.25) is 0 Å². The molecule has 1 aromatic rings. The number of rotatable bonds is 6. The third-order valence-corrected chi connectivity index (χ3v) is 3.48. The Morgan fingerprint density at radius 2 is 1.95 bits per heavy atom. The van der Waals surface area contributed by atoms with E-state index in [1.807, 2.05) is 33.8 Å². The van der Waals surface area contributed by atoms with Gasteiger partial charge in [-0.1, -0.05) is 23.2 Å². The third kappa shape index (κ3) is 7.34. The summed E-state index contributed by atoms with van der Waals surface area (Å²) >= 11 is 12.1. The number of carbonyl (C=O) groups is 1. The molecular formula is C16H24Cl2N2O2. The summed E-state index contributed by atoms with van der Waals surface area (Å²) in [4.78, 5) is 11.5. The van der Waals surface area contributed by atoms with Gasteiger partial charge in [0.1, 0.15) is 5.60 Å². The monoisotopic (exact) mass is 346 g/mol. The first-order valence-corrected chi connectivity index (χ1v) is 8.10. The predicted molar refractivity (Wildman–Crippen MR) is 91.7 cm³/mol. The SMILES string of the molecule is CC(NCCCNC(=O)OC(C)(C)C)c1cc(Cl)ccc1Cl. The van der Waals surface area contributed by atoms with E-state index in [2.05, 4.69) is 10.6 Å². The van der Waals surface area contributed by atoms with E-state index in [1.54, 1.807) is 12.1 Å². The van der Waals surface area contributed by atoms with Crippen LogP contribution in [-0.4, -0.2) is 24.8 Å². The van der Waals surface area contributed by atoms with Crippen molar-refractivity contribution < 1.29 is 9.53 Å². The number of carbonyl (C=O) groups excluding carboxylic acids is 1. The van der Waals surface area contributed by atoms with Gasteiger partial charge in [-0.2, -0.15) is 0 Å². The van der Waals surface area contributed by atoms with Crippen LogP contribution in [0.25, 0.3) is 0 Å². The quantitative estimate of drug-likeness (QED) is 0.742. The second kappa shape index (κ2) is 8.61. The van der Waals surface area contributed by atoms with Crippen molar-refractivity contribution in [2.45, 2.75) is 45.8 Å². The Bertz CT molecular complexity index is 501. The van der Waals surface area contributed by atoms with Crippen LogP contribution in [0.2, 0.25) is 10.0 Å². The second-order valence-corrected chi connectivity index (χ2v) is 6.97. The molecule has 1 aromatic carbocycles. The minimum absolute atomic E-state index is 0.0905. The summed E-state index contributed by atoms with van der Waals surface area (Å²) in [6, 6.07) is 5.51. The lowest BCUT2D eigenvalue weighted by molar-refractivity contribution is 0.0527. The molecule has 0 aromatic heterocycles. The highest BCUT2D eigenvalue weighted by atomic mass is 35.5. The summed E-state index contributed by atoms with van der Waals surface area (Å²) in [5.41, 5.74) is 0.495. The number of halogens is 2. The van der Waals surface area contributed by atoms with E-state index in [9.17, 15) is 4.79 Å². The highest BCUT2D eigenvalue weighted by molar-refractivity contribution is 6.33. The van der Waals surface area contributed by atoms with Crippen molar-refractivity contribution in [2.75, 3.05) is 13.1 Å². The van der Waals surface area contributed by atoms with Crippen molar-refractivity contribution in [2.24, 2.45) is 0 Å². The lowest BCUT2D eigenvalue weighted by Gasteiger charge is -2.20. The smallest absolute Gasteiger partial charge is 0.407 e. The molecular weight excluding hydrogens is 323 g/mol. The van der Waals surface area contributed by atoms with Gasteiger partial charge in [-0.3, -0.25) is 0 Å². The standard InChI is InChI=1S/C16H24Cl2N2O2/c1-11(13-10-12(17)6-7-14(13)18)19-8-5-9-20-15(21)22-16(2,3)4/h6-7,10-11,19H,5,8-9H2,1-4H3,(H,20,21). The van der Waals surface area contributed by atoms with Gasteiger partial charge >= 0.3 is 6.09 Å². The van der Waals surface area contributed by atoms with Crippen LogP contribution >= 0.6 is 23.2 Å². The molecule has 124 valence electrons. The van der Waals surface area contributed by atoms with Crippen LogP contribution < -0.4 is 10.6 Å². The molecule has 0 aliphatic carbocycles. The van der Waals surface area contributed by atoms with E-state index in [-0.39, 0.29) is 6.04 Å². The minimum Gasteiger partial charge on any atom is -0.444 e. The number of hydrogen-bond acceptors (Lipinski definition) is 3. The van der Waals surface area contributed by atoms with Gasteiger partial charge in [-0.25, -0.2) is 4.79 Å². The zero-order chi connectivity index (χ0) is 16.8. The molecule has 22 heavy (non-hydrogen) atoms. The van der Waals surface area contributed by atoms with E-state index >= 15 is 0 Å². The molecule has 0 spiro atoms. The topological polar surface area (TPSA) is 50.4 Å². The molecule has 0 radical (unpaired) electrons. The molecule has 0 bridgehead atoms. The van der Waals surface area contributed by atoms with Crippen LogP contribution in [0.4, 0.5) is 4.79 Å². The van der Waals surface area contributed by atoms with E-state index in [1.165, 1.54) is 0 Å². The van der Waals surface area contributed by atoms with E-state index in [0.29, 0.717) is 16.6 Å². The maximum Gasteiger partial charge on any atom is 0.407 e. The Labute approximate surface area is 142 Å². The van der Waals surface area contributed by atoms with Gasteiger partial charge in [0, 0.05) is 22.6 Å². The third-order valence-electron chi connectivity index (χ3n) is 2.90. The first-order chi connectivity index (χ1) is 10.2. The Hall–Kier alpha value is -0.970. The molecule has 1 unspecified atom stereocenters. The number of hydrogen-bond donors (Lipinski definition) is 2. The van der Waals surface area contributed by atoms with E-state index < -0.39 is 11.7 Å². The summed E-state index contributed by atoms with van der Waals surface area (Å²) < 4.78 is 5.16. The molecule has 0 aliphatic rings. The van der Waals surface area contributed by atoms with Crippen molar-refractivity contribution in [3.05, 3.63) is 33.8 Å². The summed E-state index contributed by atoms with van der Waals surface area (Å²) in [5.74, 6) is 0. The zero-order valence-corrected chi connectivity index (χ0v) is 15.0. The van der Waals surface area contributed by atoms with Crippen LogP contribution in [-0.2, 0) is 4.74 Å². The Morgan fingerprint density at radius 1 is 1.27 bits per heavy atom. The van der Waals surface area contributed by atoms with Crippen molar-refractivity contribution in [3.8, 4) is 0 Å². The number of alkyl carbamates (subject to hydrolysis) is 1. The molecule has 2 N–H and O–H groups in total. The molecule has 0 saturated carbocycles. The Balaban J connectivity index is 2.27. The van der Waals surface area contributed by atoms with E-state index in [4.69, 9.17) is 27.9 Å². The number of benzene rings is 1. The van der Waals surface area contributed by atoms with Crippen molar-refractivity contribution in [1.29, 1.82) is 0 Å². The van der Waals surface area contributed by atoms with Gasteiger partial charge in [0.15, 0.2) is 0 Å². The molecule has 0 aliphatic heterocycles. The average molecular weight is 347 g/mol. The van der Waals surface area contributed by atoms with Crippen molar-refractivity contribution in [3.63, 3.8) is 0 Å². The molecule has 0 saturated heterocycles. The van der Waals surface area contributed by atoms with Crippen LogP contribution in [0, 0.1) is 0 Å². The van der Waals surface area contributed by atoms with Crippen molar-refractivity contribution in [1.82, 2.24) is 10.6 Å². The highest BCUT2D eigenvalue weighted by Gasteiger charge is 2.15. The fourth-order valence-electron chi connectivity index (χ4n) is 1.87. The zero-order valence-electron chi connectivity index (χ0n) is 13.5. The van der Waals surface area contributed by atoms with Crippen molar-refractivity contribution >= 4 is 29.3 Å². The Morgan fingerprint density at radius 3 is 2.59 bits per heavy atom.